The first-order chi connectivity index (χ1) is 26.5. The molecule has 1 aliphatic rings. The Labute approximate surface area is 315 Å². The van der Waals surface area contributed by atoms with Crippen molar-refractivity contribution in [1.82, 2.24) is 9.55 Å². The predicted octanol–water partition coefficient (Wildman–Crippen LogP) is 13.0. The third kappa shape index (κ3) is 4.99. The zero-order valence-electron chi connectivity index (χ0n) is 30.1. The van der Waals surface area contributed by atoms with Crippen molar-refractivity contribution < 1.29 is 0 Å². The predicted molar refractivity (Wildman–Crippen MR) is 223 cm³/mol. The van der Waals surface area contributed by atoms with Gasteiger partial charge in [0, 0.05) is 33.0 Å². The highest BCUT2D eigenvalue weighted by molar-refractivity contribution is 6.18. The van der Waals surface area contributed by atoms with Crippen molar-refractivity contribution in [1.29, 1.82) is 5.26 Å². The van der Waals surface area contributed by atoms with Crippen molar-refractivity contribution in [2.24, 2.45) is 0 Å². The lowest BCUT2D eigenvalue weighted by Gasteiger charge is -2.21. The summed E-state index contributed by atoms with van der Waals surface area (Å²) >= 11 is 0. The summed E-state index contributed by atoms with van der Waals surface area (Å²) in [6.07, 6.45) is 0. The van der Waals surface area contributed by atoms with Crippen molar-refractivity contribution in [3.05, 3.63) is 193 Å². The van der Waals surface area contributed by atoms with Gasteiger partial charge in [-0.3, -0.25) is 0 Å². The lowest BCUT2D eigenvalue weighted by atomic mass is 9.82. The first-order valence-corrected chi connectivity index (χ1v) is 18.4. The smallest absolute Gasteiger partial charge is 0.0991 e. The van der Waals surface area contributed by atoms with E-state index in [1.807, 2.05) is 30.3 Å². The summed E-state index contributed by atoms with van der Waals surface area (Å²) in [5, 5.41) is 12.1. The monoisotopic (exact) mass is 689 g/mol. The highest BCUT2D eigenvalue weighted by atomic mass is 15.0. The van der Waals surface area contributed by atoms with E-state index in [2.05, 4.69) is 170 Å². The van der Waals surface area contributed by atoms with Gasteiger partial charge in [-0.05, 0) is 99.1 Å². The van der Waals surface area contributed by atoms with Crippen LogP contribution in [0, 0.1) is 11.3 Å². The molecule has 2 aromatic heterocycles. The van der Waals surface area contributed by atoms with Gasteiger partial charge in [0.15, 0.2) is 0 Å². The van der Waals surface area contributed by atoms with Crippen LogP contribution in [-0.2, 0) is 5.41 Å². The van der Waals surface area contributed by atoms with Crippen LogP contribution >= 0.6 is 0 Å². The van der Waals surface area contributed by atoms with E-state index in [4.69, 9.17) is 4.98 Å². The van der Waals surface area contributed by atoms with Crippen molar-refractivity contribution in [2.75, 3.05) is 0 Å². The Morgan fingerprint density at radius 1 is 0.500 bits per heavy atom. The normalized spacial score (nSPS) is 12.8. The lowest BCUT2D eigenvalue weighted by Crippen LogP contribution is -2.14. The second-order valence-corrected chi connectivity index (χ2v) is 14.7. The Balaban J connectivity index is 1.27. The topological polar surface area (TPSA) is 41.6 Å². The van der Waals surface area contributed by atoms with Crippen LogP contribution < -0.4 is 0 Å². The van der Waals surface area contributed by atoms with E-state index in [9.17, 15) is 5.26 Å². The Morgan fingerprint density at radius 3 is 1.87 bits per heavy atom. The quantitative estimate of drug-likeness (QED) is 0.180. The third-order valence-corrected chi connectivity index (χ3v) is 11.2. The largest absolute Gasteiger partial charge is 0.309 e. The number of nitrogens with zero attached hydrogens (tertiary/aromatic N) is 3. The maximum Gasteiger partial charge on any atom is 0.0991 e. The minimum atomic E-state index is -0.0993. The highest BCUT2D eigenvalue weighted by Crippen LogP contribution is 2.53. The molecule has 0 atom stereocenters. The maximum absolute atomic E-state index is 9.60. The molecule has 54 heavy (non-hydrogen) atoms. The van der Waals surface area contributed by atoms with Gasteiger partial charge in [0.05, 0.1) is 34.1 Å². The summed E-state index contributed by atoms with van der Waals surface area (Å²) in [5.41, 5.74) is 17.5. The zero-order chi connectivity index (χ0) is 36.4. The van der Waals surface area contributed by atoms with E-state index in [1.54, 1.807) is 0 Å². The summed E-state index contributed by atoms with van der Waals surface area (Å²) in [4.78, 5) is 5.34. The summed E-state index contributed by atoms with van der Waals surface area (Å²) in [6.45, 7) is 4.69. The number of fused-ring (bicyclic) bond motifs is 7. The van der Waals surface area contributed by atoms with Gasteiger partial charge in [-0.15, -0.1) is 0 Å². The van der Waals surface area contributed by atoms with Gasteiger partial charge < -0.3 is 4.57 Å². The molecule has 0 saturated carbocycles. The second-order valence-electron chi connectivity index (χ2n) is 14.7. The average molecular weight is 690 g/mol. The Morgan fingerprint density at radius 2 is 1.11 bits per heavy atom. The van der Waals surface area contributed by atoms with Crippen molar-refractivity contribution >= 4 is 21.8 Å². The number of pyridine rings is 1. The van der Waals surface area contributed by atoms with Crippen LogP contribution in [-0.4, -0.2) is 9.55 Å². The fraction of sp³-hybridized carbons (Fsp3) is 0.0588. The molecule has 0 radical (unpaired) electrons. The Bertz CT molecular complexity index is 2890. The van der Waals surface area contributed by atoms with E-state index in [1.165, 1.54) is 38.5 Å². The minimum Gasteiger partial charge on any atom is -0.309 e. The molecule has 254 valence electrons. The number of benzene rings is 7. The Kier molecular flexibility index (Phi) is 7.22. The van der Waals surface area contributed by atoms with Crippen molar-refractivity contribution in [2.45, 2.75) is 19.3 Å². The molecule has 0 N–H and O–H groups in total. The van der Waals surface area contributed by atoms with E-state index in [-0.39, 0.29) is 5.41 Å². The van der Waals surface area contributed by atoms with E-state index in [0.717, 1.165) is 56.0 Å². The van der Waals surface area contributed by atoms with E-state index >= 15 is 0 Å². The number of hydrogen-bond donors (Lipinski definition) is 0. The first-order valence-electron chi connectivity index (χ1n) is 18.4. The summed E-state index contributed by atoms with van der Waals surface area (Å²) < 4.78 is 2.43. The molecule has 1 aliphatic carbocycles. The molecule has 2 heterocycles. The molecule has 0 saturated heterocycles. The molecule has 0 fully saturated rings. The molecule has 7 aromatic carbocycles. The van der Waals surface area contributed by atoms with Crippen LogP contribution in [0.4, 0.5) is 0 Å². The minimum absolute atomic E-state index is 0.0993. The van der Waals surface area contributed by atoms with Crippen LogP contribution in [0.1, 0.15) is 30.5 Å². The van der Waals surface area contributed by atoms with Crippen LogP contribution in [0.3, 0.4) is 0 Å². The number of rotatable bonds is 5. The van der Waals surface area contributed by atoms with Crippen LogP contribution in [0.15, 0.2) is 176 Å². The summed E-state index contributed by atoms with van der Waals surface area (Å²) in [5.74, 6) is 0. The molecule has 0 bridgehead atoms. The van der Waals surface area contributed by atoms with Gasteiger partial charge in [-0.2, -0.15) is 5.26 Å². The van der Waals surface area contributed by atoms with Crippen molar-refractivity contribution in [3.63, 3.8) is 0 Å². The molecule has 3 nitrogen and oxygen atoms in total. The Hall–Kier alpha value is -7.02. The van der Waals surface area contributed by atoms with Crippen LogP contribution in [0.5, 0.6) is 0 Å². The summed E-state index contributed by atoms with van der Waals surface area (Å²) in [6, 6.07) is 64.6. The fourth-order valence-electron chi connectivity index (χ4n) is 8.55. The molecule has 0 amide bonds. The molecule has 0 spiro atoms. The SMILES string of the molecule is CC1(C)c2ccccc2-c2c1ccc1c2c2ccccc2n1-c1cc(-c2ccc(C#N)cc2)cc(-c2cc(-c3ccccc3)cc(-c3ccccc3)n2)c1. The zero-order valence-corrected chi connectivity index (χ0v) is 30.1. The average Bonchev–Trinajstić information content (AvgIpc) is 3.69. The molecule has 0 unspecified atom stereocenters. The number of nitriles is 1. The second kappa shape index (κ2) is 12.3. The first kappa shape index (κ1) is 31.7. The molecule has 3 heteroatoms. The molecule has 9 aromatic rings. The molecule has 10 rings (SSSR count). The van der Waals surface area contributed by atoms with Crippen molar-refractivity contribution in [3.8, 4) is 67.7 Å². The third-order valence-electron chi connectivity index (χ3n) is 11.2. The van der Waals surface area contributed by atoms with Gasteiger partial charge in [0.25, 0.3) is 0 Å². The van der Waals surface area contributed by atoms with Gasteiger partial charge in [-0.25, -0.2) is 4.98 Å². The highest BCUT2D eigenvalue weighted by Gasteiger charge is 2.37. The standard InChI is InChI=1S/C51H35N3/c1-51(2)43-19-11-9-17-41(43)49-44(51)25-26-48-50(49)42-18-10-12-20-47(42)54(48)40-28-37(35-23-21-33(32-52)22-24-35)27-39(29-40)46-31-38(34-13-5-3-6-14-34)30-45(53-46)36-15-7-4-8-16-36/h3-31H,1-2H3. The van der Waals surface area contributed by atoms with E-state index in [0.29, 0.717) is 5.56 Å². The van der Waals surface area contributed by atoms with Gasteiger partial charge in [0.2, 0.25) is 0 Å². The van der Waals surface area contributed by atoms with Crippen LogP contribution in [0.2, 0.25) is 0 Å². The maximum atomic E-state index is 9.60. The van der Waals surface area contributed by atoms with Crippen LogP contribution in [0.25, 0.3) is 83.4 Å². The van der Waals surface area contributed by atoms with E-state index < -0.39 is 0 Å². The molecular weight excluding hydrogens is 655 g/mol. The summed E-state index contributed by atoms with van der Waals surface area (Å²) in [7, 11) is 0. The lowest BCUT2D eigenvalue weighted by molar-refractivity contribution is 0.661. The number of aromatic nitrogens is 2. The number of hydrogen-bond acceptors (Lipinski definition) is 2. The molecular formula is C51H35N3. The molecule has 0 aliphatic heterocycles. The van der Waals surface area contributed by atoms with Gasteiger partial charge in [-0.1, -0.05) is 135 Å². The van der Waals surface area contributed by atoms with Gasteiger partial charge in [0.1, 0.15) is 0 Å². The fourth-order valence-corrected chi connectivity index (χ4v) is 8.55. The van der Waals surface area contributed by atoms with Gasteiger partial charge >= 0.3 is 0 Å². The number of para-hydroxylation sites is 1.